The number of carbonyl (C=O) groups excluding carboxylic acids is 1. The van der Waals surface area contributed by atoms with Gasteiger partial charge >= 0.3 is 0 Å². The molecule has 31 heavy (non-hydrogen) atoms. The van der Waals surface area contributed by atoms with E-state index in [4.69, 9.17) is 9.47 Å². The molecule has 0 saturated heterocycles. The van der Waals surface area contributed by atoms with Crippen molar-refractivity contribution in [2.75, 3.05) is 34.8 Å². The highest BCUT2D eigenvalue weighted by Gasteiger charge is 2.13. The van der Waals surface area contributed by atoms with E-state index in [-0.39, 0.29) is 12.5 Å². The first-order valence-electron chi connectivity index (χ1n) is 9.90. The molecular weight excluding hydrogens is 394 g/mol. The average molecular weight is 423 g/mol. The van der Waals surface area contributed by atoms with Crippen molar-refractivity contribution < 1.29 is 18.8 Å². The van der Waals surface area contributed by atoms with E-state index in [1.807, 2.05) is 58.4 Å². The highest BCUT2D eigenvalue weighted by molar-refractivity contribution is 5.83. The van der Waals surface area contributed by atoms with Gasteiger partial charge in [-0.15, -0.1) is 0 Å². The number of para-hydroxylation sites is 2. The maximum atomic E-state index is 11.9. The zero-order chi connectivity index (χ0) is 22.4. The van der Waals surface area contributed by atoms with Crippen LogP contribution in [-0.4, -0.2) is 61.4 Å². The third-order valence-corrected chi connectivity index (χ3v) is 4.42. The lowest BCUT2D eigenvalue weighted by atomic mass is 10.2. The van der Waals surface area contributed by atoms with Gasteiger partial charge in [-0.2, -0.15) is 5.10 Å². The van der Waals surface area contributed by atoms with E-state index in [0.717, 1.165) is 28.0 Å². The molecule has 3 aromatic rings. The van der Waals surface area contributed by atoms with Crippen LogP contribution in [0.3, 0.4) is 0 Å². The van der Waals surface area contributed by atoms with Gasteiger partial charge in [-0.25, -0.2) is 15.4 Å². The van der Waals surface area contributed by atoms with Crippen LogP contribution in [0.5, 0.6) is 11.5 Å². The smallest absolute Gasteiger partial charge is 0.295 e. The lowest BCUT2D eigenvalue weighted by molar-refractivity contribution is -0.862. The fourth-order valence-electron chi connectivity index (χ4n) is 2.94. The standard InChI is InChI=1S/C23H27N5O3/c1-16-20(26-19-9-7-6-8-18(19)25-16)15-31-21-11-10-17(12-22(21)30-5)13-24-27-23(29)14-28(2,3)4/h6-13H,14-15H2,1-5H3/p+1. The Morgan fingerprint density at radius 3 is 2.48 bits per heavy atom. The van der Waals surface area contributed by atoms with Crippen LogP contribution in [0.1, 0.15) is 17.0 Å². The van der Waals surface area contributed by atoms with Crippen molar-refractivity contribution in [1.29, 1.82) is 0 Å². The van der Waals surface area contributed by atoms with Gasteiger partial charge in [0.1, 0.15) is 6.61 Å². The summed E-state index contributed by atoms with van der Waals surface area (Å²) in [5, 5.41) is 4.02. The Kier molecular flexibility index (Phi) is 6.81. The fourth-order valence-corrected chi connectivity index (χ4v) is 2.94. The van der Waals surface area contributed by atoms with Crippen molar-refractivity contribution in [3.05, 3.63) is 59.4 Å². The quantitative estimate of drug-likeness (QED) is 0.343. The first-order valence-corrected chi connectivity index (χ1v) is 9.90. The molecule has 2 aromatic carbocycles. The van der Waals surface area contributed by atoms with E-state index in [1.165, 1.54) is 0 Å². The first kappa shape index (κ1) is 22.2. The number of methoxy groups -OCH3 is 1. The zero-order valence-corrected chi connectivity index (χ0v) is 18.5. The molecule has 0 bridgehead atoms. The van der Waals surface area contributed by atoms with E-state index >= 15 is 0 Å². The summed E-state index contributed by atoms with van der Waals surface area (Å²) in [5.41, 5.74) is 6.59. The zero-order valence-electron chi connectivity index (χ0n) is 18.5. The van der Waals surface area contributed by atoms with Crippen molar-refractivity contribution in [2.45, 2.75) is 13.5 Å². The van der Waals surface area contributed by atoms with Crippen LogP contribution < -0.4 is 14.9 Å². The number of likely N-dealkylation sites (N-methyl/N-ethyl adjacent to an activating group) is 1. The SMILES string of the molecule is COc1cc(C=NNC(=O)C[N+](C)(C)C)ccc1OCc1nc2ccccc2nc1C. The van der Waals surface area contributed by atoms with Crippen molar-refractivity contribution in [2.24, 2.45) is 5.10 Å². The van der Waals surface area contributed by atoms with Crippen LogP contribution in [0.2, 0.25) is 0 Å². The fraction of sp³-hybridized carbons (Fsp3) is 0.304. The number of nitrogens with one attached hydrogen (secondary N) is 1. The monoisotopic (exact) mass is 422 g/mol. The molecule has 1 N–H and O–H groups in total. The van der Waals surface area contributed by atoms with E-state index in [0.29, 0.717) is 22.5 Å². The second kappa shape index (κ2) is 9.53. The summed E-state index contributed by atoms with van der Waals surface area (Å²) in [6, 6.07) is 13.2. The number of quaternary nitrogens is 1. The van der Waals surface area contributed by atoms with Gasteiger partial charge in [-0.05, 0) is 42.8 Å². The van der Waals surface area contributed by atoms with Gasteiger partial charge in [0.25, 0.3) is 5.91 Å². The van der Waals surface area contributed by atoms with Crippen LogP contribution in [0, 0.1) is 6.92 Å². The molecule has 1 amide bonds. The molecule has 0 saturated carbocycles. The molecule has 8 nitrogen and oxygen atoms in total. The second-order valence-electron chi connectivity index (χ2n) is 8.19. The van der Waals surface area contributed by atoms with Gasteiger partial charge in [-0.1, -0.05) is 12.1 Å². The van der Waals surface area contributed by atoms with Crippen LogP contribution in [0.25, 0.3) is 11.0 Å². The molecule has 3 rings (SSSR count). The van der Waals surface area contributed by atoms with Gasteiger partial charge in [0.15, 0.2) is 18.0 Å². The van der Waals surface area contributed by atoms with Crippen molar-refractivity contribution in [3.63, 3.8) is 0 Å². The molecule has 162 valence electrons. The van der Waals surface area contributed by atoms with Gasteiger partial charge in [-0.3, -0.25) is 4.79 Å². The molecule has 0 unspecified atom stereocenters. The predicted molar refractivity (Wildman–Crippen MR) is 120 cm³/mol. The van der Waals surface area contributed by atoms with Crippen LogP contribution in [-0.2, 0) is 11.4 Å². The molecule has 8 heteroatoms. The second-order valence-corrected chi connectivity index (χ2v) is 8.19. The lowest BCUT2D eigenvalue weighted by Crippen LogP contribution is -2.43. The Morgan fingerprint density at radius 2 is 1.81 bits per heavy atom. The van der Waals surface area contributed by atoms with Crippen molar-refractivity contribution >= 4 is 23.2 Å². The summed E-state index contributed by atoms with van der Waals surface area (Å²) in [4.78, 5) is 21.1. The van der Waals surface area contributed by atoms with E-state index in [1.54, 1.807) is 25.5 Å². The molecule has 0 radical (unpaired) electrons. The number of benzene rings is 2. The Hall–Kier alpha value is -3.52. The number of amides is 1. The van der Waals surface area contributed by atoms with Gasteiger partial charge in [0, 0.05) is 0 Å². The Labute approximate surface area is 182 Å². The number of fused-ring (bicyclic) bond motifs is 1. The Morgan fingerprint density at radius 1 is 1.10 bits per heavy atom. The minimum absolute atomic E-state index is 0.150. The summed E-state index contributed by atoms with van der Waals surface area (Å²) in [5.74, 6) is 0.999. The van der Waals surface area contributed by atoms with Crippen LogP contribution >= 0.6 is 0 Å². The molecule has 0 fully saturated rings. The van der Waals surface area contributed by atoms with Gasteiger partial charge < -0.3 is 14.0 Å². The molecular formula is C23H28N5O3+. The normalized spacial score (nSPS) is 11.6. The third kappa shape index (κ3) is 6.23. The Balaban J connectivity index is 1.67. The van der Waals surface area contributed by atoms with Crippen molar-refractivity contribution in [3.8, 4) is 11.5 Å². The average Bonchev–Trinajstić information content (AvgIpc) is 2.71. The topological polar surface area (TPSA) is 85.7 Å². The predicted octanol–water partition coefficient (Wildman–Crippen LogP) is 2.68. The molecule has 0 atom stereocenters. The summed E-state index contributed by atoms with van der Waals surface area (Å²) in [6.07, 6.45) is 1.57. The number of hydrazone groups is 1. The summed E-state index contributed by atoms with van der Waals surface area (Å²) >= 11 is 0. The van der Waals surface area contributed by atoms with Gasteiger partial charge in [0.2, 0.25) is 0 Å². The molecule has 0 aliphatic heterocycles. The molecule has 0 aliphatic carbocycles. The number of ether oxygens (including phenoxy) is 2. The first-order chi connectivity index (χ1) is 14.7. The number of aryl methyl sites for hydroxylation is 1. The number of aromatic nitrogens is 2. The molecule has 1 heterocycles. The maximum absolute atomic E-state index is 11.9. The largest absolute Gasteiger partial charge is 0.493 e. The van der Waals surface area contributed by atoms with Gasteiger partial charge in [0.05, 0.1) is 56.9 Å². The summed E-state index contributed by atoms with van der Waals surface area (Å²) in [7, 11) is 7.40. The molecule has 0 aliphatic rings. The highest BCUT2D eigenvalue weighted by atomic mass is 16.5. The van der Waals surface area contributed by atoms with Crippen molar-refractivity contribution in [1.82, 2.24) is 15.4 Å². The lowest BCUT2D eigenvalue weighted by Gasteiger charge is -2.21. The summed E-state index contributed by atoms with van der Waals surface area (Å²) < 4.78 is 11.9. The maximum Gasteiger partial charge on any atom is 0.295 e. The van der Waals surface area contributed by atoms with E-state index < -0.39 is 0 Å². The number of hydrogen-bond donors (Lipinski definition) is 1. The summed E-state index contributed by atoms with van der Waals surface area (Å²) in [6.45, 7) is 2.53. The number of hydrogen-bond acceptors (Lipinski definition) is 6. The van der Waals surface area contributed by atoms with E-state index in [9.17, 15) is 4.79 Å². The number of nitrogens with zero attached hydrogens (tertiary/aromatic N) is 4. The Bertz CT molecular complexity index is 1110. The van der Waals surface area contributed by atoms with Crippen LogP contribution in [0.15, 0.2) is 47.6 Å². The molecule has 0 spiro atoms. The molecule has 1 aromatic heterocycles. The number of rotatable bonds is 8. The minimum Gasteiger partial charge on any atom is -0.493 e. The van der Waals surface area contributed by atoms with E-state index in [2.05, 4.69) is 20.5 Å². The number of carbonyl (C=O) groups is 1. The third-order valence-electron chi connectivity index (χ3n) is 4.42. The minimum atomic E-state index is -0.150. The van der Waals surface area contributed by atoms with Crippen LogP contribution in [0.4, 0.5) is 0 Å². The highest BCUT2D eigenvalue weighted by Crippen LogP contribution is 2.28.